The molecule has 94 valence electrons. The maximum atomic E-state index is 13.7. The number of anilines is 1. The number of hydrogen-bond donors (Lipinski definition) is 1. The first-order chi connectivity index (χ1) is 8.72. The first kappa shape index (κ1) is 12.4. The van der Waals surface area contributed by atoms with Crippen molar-refractivity contribution in [1.29, 1.82) is 0 Å². The molecule has 0 bridgehead atoms. The van der Waals surface area contributed by atoms with Crippen molar-refractivity contribution in [3.63, 3.8) is 0 Å². The highest BCUT2D eigenvalue weighted by atomic mass is 19.1. The molecule has 0 atom stereocenters. The summed E-state index contributed by atoms with van der Waals surface area (Å²) < 4.78 is 13.7. The molecule has 0 aliphatic heterocycles. The third kappa shape index (κ3) is 2.61. The van der Waals surface area contributed by atoms with Crippen LogP contribution in [0, 0.1) is 12.7 Å². The molecule has 0 fully saturated rings. The SMILES string of the molecule is CCCNc1ncc(C)c(-c2ccncc2F)n1. The minimum absolute atomic E-state index is 0.374. The molecule has 0 aliphatic carbocycles. The summed E-state index contributed by atoms with van der Waals surface area (Å²) in [4.78, 5) is 12.3. The van der Waals surface area contributed by atoms with Gasteiger partial charge in [0.15, 0.2) is 5.82 Å². The predicted molar refractivity (Wildman–Crippen MR) is 68.7 cm³/mol. The highest BCUT2D eigenvalue weighted by molar-refractivity contribution is 5.63. The number of halogens is 1. The van der Waals surface area contributed by atoms with Crippen molar-refractivity contribution in [3.8, 4) is 11.3 Å². The summed E-state index contributed by atoms with van der Waals surface area (Å²) in [5.74, 6) is 0.148. The second kappa shape index (κ2) is 5.53. The summed E-state index contributed by atoms with van der Waals surface area (Å²) in [6.07, 6.45) is 5.42. The van der Waals surface area contributed by atoms with Gasteiger partial charge in [0.1, 0.15) is 0 Å². The molecular weight excluding hydrogens is 231 g/mol. The first-order valence-corrected chi connectivity index (χ1v) is 5.89. The van der Waals surface area contributed by atoms with Crippen LogP contribution >= 0.6 is 0 Å². The van der Waals surface area contributed by atoms with E-state index in [1.807, 2.05) is 6.92 Å². The number of aromatic nitrogens is 3. The van der Waals surface area contributed by atoms with Gasteiger partial charge in [-0.3, -0.25) is 4.98 Å². The Hall–Kier alpha value is -2.04. The molecule has 0 unspecified atom stereocenters. The second-order valence-corrected chi connectivity index (χ2v) is 4.01. The summed E-state index contributed by atoms with van der Waals surface area (Å²) in [5.41, 5.74) is 1.88. The second-order valence-electron chi connectivity index (χ2n) is 4.01. The Morgan fingerprint density at radius 3 is 2.89 bits per heavy atom. The van der Waals surface area contributed by atoms with Crippen molar-refractivity contribution in [3.05, 3.63) is 36.0 Å². The lowest BCUT2D eigenvalue weighted by Crippen LogP contribution is -2.06. The molecule has 2 aromatic rings. The van der Waals surface area contributed by atoms with E-state index in [4.69, 9.17) is 0 Å². The quantitative estimate of drug-likeness (QED) is 0.901. The van der Waals surface area contributed by atoms with Gasteiger partial charge in [0.05, 0.1) is 11.9 Å². The van der Waals surface area contributed by atoms with Crippen LogP contribution in [-0.4, -0.2) is 21.5 Å². The molecule has 2 aromatic heterocycles. The van der Waals surface area contributed by atoms with E-state index in [2.05, 4.69) is 27.2 Å². The van der Waals surface area contributed by atoms with Gasteiger partial charge in [-0.15, -0.1) is 0 Å². The lowest BCUT2D eigenvalue weighted by Gasteiger charge is -2.08. The molecule has 0 radical (unpaired) electrons. The van der Waals surface area contributed by atoms with E-state index < -0.39 is 0 Å². The highest BCUT2D eigenvalue weighted by Gasteiger charge is 2.10. The molecule has 1 N–H and O–H groups in total. The maximum Gasteiger partial charge on any atom is 0.223 e. The van der Waals surface area contributed by atoms with E-state index in [-0.39, 0.29) is 5.82 Å². The molecule has 2 heterocycles. The summed E-state index contributed by atoms with van der Waals surface area (Å²) in [5, 5.41) is 3.09. The number of nitrogens with zero attached hydrogens (tertiary/aromatic N) is 3. The normalized spacial score (nSPS) is 10.4. The van der Waals surface area contributed by atoms with Crippen LogP contribution in [0.5, 0.6) is 0 Å². The maximum absolute atomic E-state index is 13.7. The van der Waals surface area contributed by atoms with Gasteiger partial charge in [-0.2, -0.15) is 0 Å². The Morgan fingerprint density at radius 1 is 1.33 bits per heavy atom. The Kier molecular flexibility index (Phi) is 3.82. The lowest BCUT2D eigenvalue weighted by atomic mass is 10.1. The third-order valence-electron chi connectivity index (χ3n) is 2.53. The molecule has 0 saturated carbocycles. The molecule has 4 nitrogen and oxygen atoms in total. The Balaban J connectivity index is 2.40. The molecule has 0 spiro atoms. The fourth-order valence-electron chi connectivity index (χ4n) is 1.60. The van der Waals surface area contributed by atoms with Crippen LogP contribution in [0.1, 0.15) is 18.9 Å². The van der Waals surface area contributed by atoms with Gasteiger partial charge < -0.3 is 5.32 Å². The zero-order valence-corrected chi connectivity index (χ0v) is 10.4. The van der Waals surface area contributed by atoms with Gasteiger partial charge in [0.2, 0.25) is 5.95 Å². The number of aryl methyl sites for hydroxylation is 1. The van der Waals surface area contributed by atoms with E-state index in [0.717, 1.165) is 18.5 Å². The van der Waals surface area contributed by atoms with Crippen LogP contribution in [0.15, 0.2) is 24.7 Å². The largest absolute Gasteiger partial charge is 0.354 e. The zero-order valence-electron chi connectivity index (χ0n) is 10.4. The standard InChI is InChI=1S/C13H15FN4/c1-3-5-16-13-17-7-9(2)12(18-13)10-4-6-15-8-11(10)14/h4,6-8H,3,5H2,1-2H3,(H,16,17,18). The molecular formula is C13H15FN4. The third-order valence-corrected chi connectivity index (χ3v) is 2.53. The lowest BCUT2D eigenvalue weighted by molar-refractivity contribution is 0.624. The van der Waals surface area contributed by atoms with Crippen LogP contribution in [0.25, 0.3) is 11.3 Å². The number of pyridine rings is 1. The number of rotatable bonds is 4. The molecule has 5 heteroatoms. The number of nitrogens with one attached hydrogen (secondary N) is 1. The van der Waals surface area contributed by atoms with E-state index >= 15 is 0 Å². The average Bonchev–Trinajstić information content (AvgIpc) is 2.39. The number of hydrogen-bond acceptors (Lipinski definition) is 4. The van der Waals surface area contributed by atoms with E-state index in [9.17, 15) is 4.39 Å². The van der Waals surface area contributed by atoms with Crippen molar-refractivity contribution in [2.24, 2.45) is 0 Å². The summed E-state index contributed by atoms with van der Waals surface area (Å²) >= 11 is 0. The van der Waals surface area contributed by atoms with Crippen LogP contribution in [0.2, 0.25) is 0 Å². The van der Waals surface area contributed by atoms with Gasteiger partial charge in [-0.05, 0) is 25.0 Å². The fourth-order valence-corrected chi connectivity index (χ4v) is 1.60. The summed E-state index contributed by atoms with van der Waals surface area (Å²) in [6.45, 7) is 4.71. The zero-order chi connectivity index (χ0) is 13.0. The minimum atomic E-state index is -0.374. The van der Waals surface area contributed by atoms with Crippen molar-refractivity contribution in [2.45, 2.75) is 20.3 Å². The summed E-state index contributed by atoms with van der Waals surface area (Å²) in [7, 11) is 0. The van der Waals surface area contributed by atoms with Crippen molar-refractivity contribution in [2.75, 3.05) is 11.9 Å². The fraction of sp³-hybridized carbons (Fsp3) is 0.308. The molecule has 0 saturated heterocycles. The minimum Gasteiger partial charge on any atom is -0.354 e. The van der Waals surface area contributed by atoms with E-state index in [0.29, 0.717) is 17.2 Å². The topological polar surface area (TPSA) is 50.7 Å². The summed E-state index contributed by atoms with van der Waals surface area (Å²) in [6, 6.07) is 1.62. The molecule has 0 amide bonds. The monoisotopic (exact) mass is 246 g/mol. The van der Waals surface area contributed by atoms with Gasteiger partial charge in [-0.25, -0.2) is 14.4 Å². The van der Waals surface area contributed by atoms with Gasteiger partial charge in [-0.1, -0.05) is 6.92 Å². The van der Waals surface area contributed by atoms with Crippen molar-refractivity contribution >= 4 is 5.95 Å². The van der Waals surface area contributed by atoms with Gasteiger partial charge in [0, 0.05) is 24.5 Å². The van der Waals surface area contributed by atoms with E-state index in [1.165, 1.54) is 6.20 Å². The molecule has 0 aliphatic rings. The van der Waals surface area contributed by atoms with Gasteiger partial charge >= 0.3 is 0 Å². The van der Waals surface area contributed by atoms with Crippen LogP contribution < -0.4 is 5.32 Å². The van der Waals surface area contributed by atoms with Gasteiger partial charge in [0.25, 0.3) is 0 Å². The smallest absolute Gasteiger partial charge is 0.223 e. The molecule has 18 heavy (non-hydrogen) atoms. The van der Waals surface area contributed by atoms with Crippen LogP contribution in [-0.2, 0) is 0 Å². The predicted octanol–water partition coefficient (Wildman–Crippen LogP) is 2.81. The first-order valence-electron chi connectivity index (χ1n) is 5.89. The van der Waals surface area contributed by atoms with E-state index in [1.54, 1.807) is 18.5 Å². The molecule has 0 aromatic carbocycles. The highest BCUT2D eigenvalue weighted by Crippen LogP contribution is 2.23. The Morgan fingerprint density at radius 2 is 2.17 bits per heavy atom. The average molecular weight is 246 g/mol. The Labute approximate surface area is 105 Å². The molecule has 2 rings (SSSR count). The van der Waals surface area contributed by atoms with Crippen LogP contribution in [0.4, 0.5) is 10.3 Å². The van der Waals surface area contributed by atoms with Crippen molar-refractivity contribution < 1.29 is 4.39 Å². The Bertz CT molecular complexity index is 542. The van der Waals surface area contributed by atoms with Crippen molar-refractivity contribution in [1.82, 2.24) is 15.0 Å². The van der Waals surface area contributed by atoms with Crippen LogP contribution in [0.3, 0.4) is 0 Å².